The van der Waals surface area contributed by atoms with Gasteiger partial charge in [-0.1, -0.05) is 55.8 Å². The van der Waals surface area contributed by atoms with Gasteiger partial charge in [0.2, 0.25) is 0 Å². The zero-order chi connectivity index (χ0) is 27.0. The van der Waals surface area contributed by atoms with E-state index in [1.165, 1.54) is 49.2 Å². The Balaban J connectivity index is 1.63. The second-order valence-electron chi connectivity index (χ2n) is 8.56. The van der Waals surface area contributed by atoms with Gasteiger partial charge in [-0.3, -0.25) is 9.52 Å². The van der Waals surface area contributed by atoms with Crippen molar-refractivity contribution in [2.75, 3.05) is 16.6 Å². The number of hydrogen-bond donors (Lipinski definition) is 2. The molecule has 0 atom stereocenters. The third-order valence-electron chi connectivity index (χ3n) is 5.38. The van der Waals surface area contributed by atoms with Gasteiger partial charge in [0.1, 0.15) is 11.6 Å². The van der Waals surface area contributed by atoms with Crippen LogP contribution in [0.3, 0.4) is 0 Å². The first-order valence-electron chi connectivity index (χ1n) is 12.0. The van der Waals surface area contributed by atoms with E-state index in [4.69, 9.17) is 27.9 Å². The van der Waals surface area contributed by atoms with Crippen molar-refractivity contribution in [3.05, 3.63) is 69.6 Å². The molecule has 8 nitrogen and oxygen atoms in total. The molecule has 0 aliphatic heterocycles. The van der Waals surface area contributed by atoms with Gasteiger partial charge in [-0.05, 0) is 56.7 Å². The van der Waals surface area contributed by atoms with Crippen LogP contribution >= 0.6 is 23.2 Å². The number of sulfonamides is 1. The number of hydrogen-bond acceptors (Lipinski definition) is 6. The van der Waals surface area contributed by atoms with Gasteiger partial charge in [0.05, 0.1) is 21.5 Å². The summed E-state index contributed by atoms with van der Waals surface area (Å²) in [7, 11) is -3.88. The Morgan fingerprint density at radius 2 is 1.59 bits per heavy atom. The highest BCUT2D eigenvalue weighted by atomic mass is 35.5. The predicted molar refractivity (Wildman–Crippen MR) is 147 cm³/mol. The first-order chi connectivity index (χ1) is 17.6. The van der Waals surface area contributed by atoms with Gasteiger partial charge in [0.25, 0.3) is 15.9 Å². The molecule has 0 spiro atoms. The molecule has 2 aromatic carbocycles. The Labute approximate surface area is 227 Å². The van der Waals surface area contributed by atoms with E-state index < -0.39 is 15.9 Å². The van der Waals surface area contributed by atoms with Crippen molar-refractivity contribution in [1.82, 2.24) is 9.97 Å². The first-order valence-corrected chi connectivity index (χ1v) is 14.2. The van der Waals surface area contributed by atoms with Crippen molar-refractivity contribution in [2.24, 2.45) is 0 Å². The number of nitrogens with one attached hydrogen (secondary N) is 2. The van der Waals surface area contributed by atoms with E-state index >= 15 is 0 Å². The molecule has 0 saturated heterocycles. The Hall–Kier alpha value is -2.88. The Kier molecular flexibility index (Phi) is 10.1. The van der Waals surface area contributed by atoms with Crippen LogP contribution < -0.4 is 14.8 Å². The molecule has 0 aliphatic rings. The minimum atomic E-state index is -3.88. The molecule has 3 rings (SSSR count). The molecule has 0 unspecified atom stereocenters. The van der Waals surface area contributed by atoms with Crippen LogP contribution in [0, 0.1) is 13.8 Å². The summed E-state index contributed by atoms with van der Waals surface area (Å²) in [5, 5.41) is 3.20. The van der Waals surface area contributed by atoms with Gasteiger partial charge >= 0.3 is 0 Å². The van der Waals surface area contributed by atoms with Gasteiger partial charge in [-0.25, -0.2) is 18.4 Å². The van der Waals surface area contributed by atoms with E-state index in [2.05, 4.69) is 26.9 Å². The number of carbonyl (C=O) groups is 1. The number of halogens is 2. The fraction of sp³-hybridized carbons (Fsp3) is 0.346. The molecule has 1 heterocycles. The molecule has 37 heavy (non-hydrogen) atoms. The highest BCUT2D eigenvalue weighted by Gasteiger charge is 2.17. The lowest BCUT2D eigenvalue weighted by atomic mass is 10.1. The fourth-order valence-corrected chi connectivity index (χ4v) is 5.18. The van der Waals surface area contributed by atoms with Crippen molar-refractivity contribution >= 4 is 50.6 Å². The molecule has 0 bridgehead atoms. The van der Waals surface area contributed by atoms with Crippen LogP contribution in [0.2, 0.25) is 10.0 Å². The Morgan fingerprint density at radius 3 is 2.22 bits per heavy atom. The van der Waals surface area contributed by atoms with Gasteiger partial charge in [0.15, 0.2) is 5.75 Å². The van der Waals surface area contributed by atoms with Crippen LogP contribution in [0.15, 0.2) is 47.4 Å². The maximum absolute atomic E-state index is 12.8. The monoisotopic (exact) mass is 564 g/mol. The Bertz CT molecular complexity index is 1310. The summed E-state index contributed by atoms with van der Waals surface area (Å²) in [5.74, 6) is 0.542. The summed E-state index contributed by atoms with van der Waals surface area (Å²) in [6.07, 6.45) is 5.49. The molecule has 0 aliphatic carbocycles. The molecule has 0 fully saturated rings. The number of anilines is 2. The molecule has 1 aromatic heterocycles. The quantitative estimate of drug-likeness (QED) is 0.234. The second kappa shape index (κ2) is 13.1. The van der Waals surface area contributed by atoms with Crippen molar-refractivity contribution in [3.8, 4) is 5.75 Å². The van der Waals surface area contributed by atoms with E-state index in [1.54, 1.807) is 19.9 Å². The van der Waals surface area contributed by atoms with Crippen LogP contribution in [-0.4, -0.2) is 30.9 Å². The lowest BCUT2D eigenvalue weighted by Crippen LogP contribution is -2.15. The van der Waals surface area contributed by atoms with E-state index in [-0.39, 0.29) is 26.3 Å². The summed E-state index contributed by atoms with van der Waals surface area (Å²) in [6, 6.07) is 10.3. The number of unbranched alkanes of at least 4 members (excludes halogenated alkanes) is 4. The van der Waals surface area contributed by atoms with Crippen LogP contribution in [0.4, 0.5) is 11.5 Å². The lowest BCUT2D eigenvalue weighted by molar-refractivity contribution is 0.102. The van der Waals surface area contributed by atoms with Crippen molar-refractivity contribution in [2.45, 2.75) is 57.8 Å². The van der Waals surface area contributed by atoms with Crippen LogP contribution in [0.1, 0.15) is 60.9 Å². The summed E-state index contributed by atoms with van der Waals surface area (Å²) in [5.41, 5.74) is 1.29. The van der Waals surface area contributed by atoms with Crippen LogP contribution in [0.5, 0.6) is 5.75 Å². The number of carbonyl (C=O) groups excluding carboxylic acids is 1. The summed E-state index contributed by atoms with van der Waals surface area (Å²) in [6.45, 7) is 6.09. The smallest absolute Gasteiger partial charge is 0.263 e. The maximum Gasteiger partial charge on any atom is 0.263 e. The molecule has 198 valence electrons. The maximum atomic E-state index is 12.8. The third-order valence-corrected chi connectivity index (χ3v) is 7.31. The van der Waals surface area contributed by atoms with Crippen molar-refractivity contribution in [1.29, 1.82) is 0 Å². The van der Waals surface area contributed by atoms with E-state index in [1.807, 2.05) is 0 Å². The summed E-state index contributed by atoms with van der Waals surface area (Å²) < 4.78 is 33.6. The number of aryl methyl sites for hydroxylation is 2. The second-order valence-corrected chi connectivity index (χ2v) is 11.1. The van der Waals surface area contributed by atoms with E-state index in [9.17, 15) is 13.2 Å². The molecule has 0 radical (unpaired) electrons. The molecule has 0 saturated carbocycles. The van der Waals surface area contributed by atoms with E-state index in [0.717, 1.165) is 19.3 Å². The standard InChI is InChI=1S/C26H30Cl2N4O4S/c1-4-5-6-7-8-13-36-25-22(27)15-19(16-23(25)28)26(33)31-20-9-11-21(12-10-20)37(34,35)32-24-14-17(2)29-18(3)30-24/h9-12,14-16H,4-8,13H2,1-3H3,(H,31,33)(H,29,30,32). The Morgan fingerprint density at radius 1 is 0.946 bits per heavy atom. The molecule has 1 amide bonds. The minimum Gasteiger partial charge on any atom is -0.490 e. The minimum absolute atomic E-state index is 0.0155. The topological polar surface area (TPSA) is 110 Å². The fourth-order valence-electron chi connectivity index (χ4n) is 3.60. The number of amides is 1. The molecular formula is C26H30Cl2N4O4S. The normalized spacial score (nSPS) is 11.3. The zero-order valence-corrected chi connectivity index (χ0v) is 23.3. The highest BCUT2D eigenvalue weighted by molar-refractivity contribution is 7.92. The molecule has 2 N–H and O–H groups in total. The summed E-state index contributed by atoms with van der Waals surface area (Å²) in [4.78, 5) is 21.0. The van der Waals surface area contributed by atoms with Crippen LogP contribution in [-0.2, 0) is 10.0 Å². The average Bonchev–Trinajstić information content (AvgIpc) is 2.82. The highest BCUT2D eigenvalue weighted by Crippen LogP contribution is 2.34. The van der Waals surface area contributed by atoms with Crippen molar-refractivity contribution in [3.63, 3.8) is 0 Å². The van der Waals surface area contributed by atoms with Crippen LogP contribution in [0.25, 0.3) is 0 Å². The number of aromatic nitrogens is 2. The average molecular weight is 566 g/mol. The SMILES string of the molecule is CCCCCCCOc1c(Cl)cc(C(=O)Nc2ccc(S(=O)(=O)Nc3cc(C)nc(C)n3)cc2)cc1Cl. The molecule has 11 heteroatoms. The lowest BCUT2D eigenvalue weighted by Gasteiger charge is -2.12. The molecular weight excluding hydrogens is 535 g/mol. The van der Waals surface area contributed by atoms with Gasteiger partial charge in [-0.2, -0.15) is 0 Å². The van der Waals surface area contributed by atoms with Gasteiger partial charge in [-0.15, -0.1) is 0 Å². The largest absolute Gasteiger partial charge is 0.490 e. The van der Waals surface area contributed by atoms with Gasteiger partial charge < -0.3 is 10.1 Å². The predicted octanol–water partition coefficient (Wildman–Crippen LogP) is 6.80. The van der Waals surface area contributed by atoms with Gasteiger partial charge in [0, 0.05) is 23.0 Å². The first kappa shape index (κ1) is 28.7. The number of benzene rings is 2. The zero-order valence-electron chi connectivity index (χ0n) is 21.0. The molecule has 3 aromatic rings. The number of rotatable bonds is 12. The summed E-state index contributed by atoms with van der Waals surface area (Å²) >= 11 is 12.7. The van der Waals surface area contributed by atoms with Crippen molar-refractivity contribution < 1.29 is 17.9 Å². The third kappa shape index (κ3) is 8.31. The number of nitrogens with zero attached hydrogens (tertiary/aromatic N) is 2. The number of ether oxygens (including phenoxy) is 1. The van der Waals surface area contributed by atoms with E-state index in [0.29, 0.717) is 29.6 Å².